The average molecular weight is 347 g/mol. The number of nitrogens with one attached hydrogen (secondary N) is 1. The second-order valence-corrected chi connectivity index (χ2v) is 7.00. The van der Waals surface area contributed by atoms with Crippen LogP contribution in [0, 0.1) is 0 Å². The molecule has 2 atom stereocenters. The number of benzene rings is 1. The number of fused-ring (bicyclic) bond motifs is 1. The van der Waals surface area contributed by atoms with Crippen LogP contribution in [0.5, 0.6) is 0 Å². The summed E-state index contributed by atoms with van der Waals surface area (Å²) in [5.41, 5.74) is 1.29. The lowest BCUT2D eigenvalue weighted by molar-refractivity contribution is -0.137. The summed E-state index contributed by atoms with van der Waals surface area (Å²) in [5.74, 6) is 0.997. The van der Waals surface area contributed by atoms with E-state index < -0.39 is 6.04 Å². The van der Waals surface area contributed by atoms with Gasteiger partial charge in [-0.1, -0.05) is 24.2 Å². The molecule has 1 aromatic heterocycles. The van der Waals surface area contributed by atoms with E-state index in [1.807, 2.05) is 38.1 Å². The molecule has 7 heteroatoms. The molecule has 2 amide bonds. The van der Waals surface area contributed by atoms with Gasteiger partial charge in [0, 0.05) is 17.2 Å². The predicted molar refractivity (Wildman–Crippen MR) is 93.6 cm³/mol. The Kier molecular flexibility index (Phi) is 5.08. The number of para-hydroxylation sites is 1. The standard InChI is InChI=1S/C17H21N3O3S/c1-3-11(2)18-17(22)14-9-24-10-20(14)16(21)8-13-12-6-4-5-7-15(12)23-19-13/h4-7,11,14H,3,8-10H2,1-2H3,(H,18,22)/t11-,14+/m0/s1. The summed E-state index contributed by atoms with van der Waals surface area (Å²) in [6, 6.07) is 7.17. The molecule has 3 rings (SSSR count). The van der Waals surface area contributed by atoms with Crippen LogP contribution in [0.25, 0.3) is 11.0 Å². The van der Waals surface area contributed by atoms with Crippen LogP contribution in [0.1, 0.15) is 26.0 Å². The fourth-order valence-corrected chi connectivity index (χ4v) is 3.84. The van der Waals surface area contributed by atoms with Gasteiger partial charge in [-0.25, -0.2) is 0 Å². The molecule has 0 spiro atoms. The zero-order valence-corrected chi connectivity index (χ0v) is 14.6. The van der Waals surface area contributed by atoms with Crippen LogP contribution in [0.15, 0.2) is 28.8 Å². The number of thioether (sulfide) groups is 1. The Labute approximate surface area is 144 Å². The molecule has 1 N–H and O–H groups in total. The Hall–Kier alpha value is -2.02. The first-order chi connectivity index (χ1) is 11.6. The first kappa shape index (κ1) is 16.8. The minimum Gasteiger partial charge on any atom is -0.356 e. The van der Waals surface area contributed by atoms with Crippen molar-refractivity contribution in [2.75, 3.05) is 11.6 Å². The predicted octanol–water partition coefficient (Wildman–Crippen LogP) is 2.19. The van der Waals surface area contributed by atoms with E-state index in [9.17, 15) is 9.59 Å². The molecule has 2 heterocycles. The highest BCUT2D eigenvalue weighted by Gasteiger charge is 2.35. The van der Waals surface area contributed by atoms with E-state index in [2.05, 4.69) is 10.5 Å². The molecule has 0 aliphatic carbocycles. The second kappa shape index (κ2) is 7.25. The molecule has 2 aromatic rings. The number of nitrogens with zero attached hydrogens (tertiary/aromatic N) is 2. The number of rotatable bonds is 5. The maximum atomic E-state index is 12.7. The highest BCUT2D eigenvalue weighted by molar-refractivity contribution is 7.99. The fraction of sp³-hybridized carbons (Fsp3) is 0.471. The lowest BCUT2D eigenvalue weighted by Gasteiger charge is -2.24. The molecule has 1 aromatic carbocycles. The number of carbonyl (C=O) groups excluding carboxylic acids is 2. The van der Waals surface area contributed by atoms with Crippen molar-refractivity contribution >= 4 is 34.5 Å². The monoisotopic (exact) mass is 347 g/mol. The lowest BCUT2D eigenvalue weighted by atomic mass is 10.1. The summed E-state index contributed by atoms with van der Waals surface area (Å²) in [7, 11) is 0. The van der Waals surface area contributed by atoms with Crippen molar-refractivity contribution in [2.24, 2.45) is 0 Å². The molecule has 128 valence electrons. The summed E-state index contributed by atoms with van der Waals surface area (Å²) in [4.78, 5) is 26.7. The summed E-state index contributed by atoms with van der Waals surface area (Å²) >= 11 is 1.60. The van der Waals surface area contributed by atoms with Crippen LogP contribution in [0.2, 0.25) is 0 Å². The number of aromatic nitrogens is 1. The number of amides is 2. The van der Waals surface area contributed by atoms with Crippen LogP contribution >= 0.6 is 11.8 Å². The minimum absolute atomic E-state index is 0.0762. The van der Waals surface area contributed by atoms with Gasteiger partial charge < -0.3 is 14.7 Å². The summed E-state index contributed by atoms with van der Waals surface area (Å²) < 4.78 is 5.25. The fourth-order valence-electron chi connectivity index (χ4n) is 2.66. The van der Waals surface area contributed by atoms with Crippen molar-refractivity contribution in [2.45, 2.75) is 38.8 Å². The Morgan fingerprint density at radius 1 is 1.46 bits per heavy atom. The van der Waals surface area contributed by atoms with Crippen molar-refractivity contribution in [1.82, 2.24) is 15.4 Å². The molecule has 1 aliphatic rings. The van der Waals surface area contributed by atoms with E-state index in [0.29, 0.717) is 22.9 Å². The Bertz CT molecular complexity index is 746. The van der Waals surface area contributed by atoms with Crippen molar-refractivity contribution in [3.63, 3.8) is 0 Å². The van der Waals surface area contributed by atoms with Crippen molar-refractivity contribution in [3.05, 3.63) is 30.0 Å². The van der Waals surface area contributed by atoms with Crippen molar-refractivity contribution < 1.29 is 14.1 Å². The third kappa shape index (κ3) is 3.40. The molecule has 6 nitrogen and oxygen atoms in total. The third-order valence-corrected chi connectivity index (χ3v) is 5.29. The third-order valence-electron chi connectivity index (χ3n) is 4.28. The van der Waals surface area contributed by atoms with Gasteiger partial charge in [0.25, 0.3) is 0 Å². The van der Waals surface area contributed by atoms with Gasteiger partial charge in [-0.3, -0.25) is 9.59 Å². The van der Waals surface area contributed by atoms with Crippen molar-refractivity contribution in [1.29, 1.82) is 0 Å². The minimum atomic E-state index is -0.408. The quantitative estimate of drug-likeness (QED) is 0.897. The van der Waals surface area contributed by atoms with E-state index in [4.69, 9.17) is 4.52 Å². The second-order valence-electron chi connectivity index (χ2n) is 6.00. The van der Waals surface area contributed by atoms with Crippen LogP contribution in [-0.4, -0.2) is 45.6 Å². The first-order valence-electron chi connectivity index (χ1n) is 8.11. The van der Waals surface area contributed by atoms with Crippen LogP contribution < -0.4 is 5.32 Å². The van der Waals surface area contributed by atoms with E-state index in [0.717, 1.165) is 11.8 Å². The number of carbonyl (C=O) groups is 2. The maximum absolute atomic E-state index is 12.7. The first-order valence-corrected chi connectivity index (χ1v) is 9.26. The molecular formula is C17H21N3O3S. The zero-order valence-electron chi connectivity index (χ0n) is 13.8. The number of hydrogen-bond donors (Lipinski definition) is 1. The van der Waals surface area contributed by atoms with E-state index in [-0.39, 0.29) is 24.3 Å². The molecule has 1 fully saturated rings. The van der Waals surface area contributed by atoms with Gasteiger partial charge in [0.15, 0.2) is 5.58 Å². The highest BCUT2D eigenvalue weighted by atomic mass is 32.2. The molecule has 24 heavy (non-hydrogen) atoms. The van der Waals surface area contributed by atoms with Gasteiger partial charge in [-0.05, 0) is 25.5 Å². The smallest absolute Gasteiger partial charge is 0.243 e. The Balaban J connectivity index is 1.70. The molecule has 0 radical (unpaired) electrons. The molecular weight excluding hydrogens is 326 g/mol. The van der Waals surface area contributed by atoms with Crippen LogP contribution in [0.3, 0.4) is 0 Å². The van der Waals surface area contributed by atoms with Gasteiger partial charge in [-0.15, -0.1) is 11.8 Å². The van der Waals surface area contributed by atoms with E-state index in [1.165, 1.54) is 0 Å². The van der Waals surface area contributed by atoms with Gasteiger partial charge in [-0.2, -0.15) is 0 Å². The van der Waals surface area contributed by atoms with Gasteiger partial charge in [0.1, 0.15) is 11.7 Å². The Morgan fingerprint density at radius 2 is 2.25 bits per heavy atom. The Morgan fingerprint density at radius 3 is 3.04 bits per heavy atom. The van der Waals surface area contributed by atoms with Gasteiger partial charge in [0.2, 0.25) is 11.8 Å². The zero-order chi connectivity index (χ0) is 17.1. The number of hydrogen-bond acceptors (Lipinski definition) is 5. The topological polar surface area (TPSA) is 75.4 Å². The SMILES string of the molecule is CC[C@H](C)NC(=O)[C@H]1CSCN1C(=O)Cc1noc2ccccc12. The van der Waals surface area contributed by atoms with E-state index in [1.54, 1.807) is 16.7 Å². The van der Waals surface area contributed by atoms with Crippen molar-refractivity contribution in [3.8, 4) is 0 Å². The molecule has 0 saturated carbocycles. The average Bonchev–Trinajstić information content (AvgIpc) is 3.22. The maximum Gasteiger partial charge on any atom is 0.243 e. The van der Waals surface area contributed by atoms with Gasteiger partial charge >= 0.3 is 0 Å². The van der Waals surface area contributed by atoms with E-state index >= 15 is 0 Å². The highest BCUT2D eigenvalue weighted by Crippen LogP contribution is 2.24. The molecule has 1 saturated heterocycles. The van der Waals surface area contributed by atoms with Crippen LogP contribution in [-0.2, 0) is 16.0 Å². The molecule has 0 unspecified atom stereocenters. The largest absolute Gasteiger partial charge is 0.356 e. The lowest BCUT2D eigenvalue weighted by Crippen LogP contribution is -2.49. The summed E-state index contributed by atoms with van der Waals surface area (Å²) in [5, 5.41) is 7.82. The normalized spacial score (nSPS) is 18.8. The molecule has 0 bridgehead atoms. The van der Waals surface area contributed by atoms with Gasteiger partial charge in [0.05, 0.1) is 12.3 Å². The van der Waals surface area contributed by atoms with Crippen LogP contribution in [0.4, 0.5) is 0 Å². The summed E-state index contributed by atoms with van der Waals surface area (Å²) in [6.45, 7) is 3.99. The summed E-state index contributed by atoms with van der Waals surface area (Å²) in [6.07, 6.45) is 1.01. The molecule has 1 aliphatic heterocycles.